The lowest BCUT2D eigenvalue weighted by atomic mass is 9.99. The number of nitrogens with one attached hydrogen (secondary N) is 1. The molecule has 1 N–H and O–H groups in total. The van der Waals surface area contributed by atoms with Crippen molar-refractivity contribution in [3.8, 4) is 0 Å². The van der Waals surface area contributed by atoms with Gasteiger partial charge in [-0.1, -0.05) is 18.2 Å². The summed E-state index contributed by atoms with van der Waals surface area (Å²) < 4.78 is 5.83. The molecule has 0 radical (unpaired) electrons. The number of hydrogen-bond donors (Lipinski definition) is 1. The van der Waals surface area contributed by atoms with Crippen LogP contribution in [0.5, 0.6) is 0 Å². The van der Waals surface area contributed by atoms with Gasteiger partial charge in [0.05, 0.1) is 18.8 Å². The molecule has 2 fully saturated rings. The third kappa shape index (κ3) is 4.65. The normalized spacial score (nSPS) is 24.5. The molecular formula is C18H27N3O2S. The van der Waals surface area contributed by atoms with Crippen molar-refractivity contribution in [2.24, 2.45) is 0 Å². The third-order valence-corrected chi connectivity index (χ3v) is 5.86. The Labute approximate surface area is 148 Å². The molecule has 2 saturated heterocycles. The van der Waals surface area contributed by atoms with E-state index in [0.717, 1.165) is 51.4 Å². The van der Waals surface area contributed by atoms with Crippen LogP contribution in [0.15, 0.2) is 35.2 Å². The standard InChI is InChI=1S/C18H27N3O2S/c1-20-11-12-23-17-8-10-21(14-16(17)20)18(22)19-9-5-13-24-15-6-3-2-4-7-15/h2-4,6-7,16-17H,5,8-14H2,1H3,(H,19,22). The number of rotatable bonds is 5. The van der Waals surface area contributed by atoms with Gasteiger partial charge in [0.25, 0.3) is 0 Å². The molecule has 132 valence electrons. The molecule has 2 atom stereocenters. The number of morpholine rings is 1. The highest BCUT2D eigenvalue weighted by Gasteiger charge is 2.36. The highest BCUT2D eigenvalue weighted by molar-refractivity contribution is 7.99. The first-order chi connectivity index (χ1) is 11.7. The van der Waals surface area contributed by atoms with Gasteiger partial charge in [-0.2, -0.15) is 0 Å². The number of amides is 2. The zero-order valence-corrected chi connectivity index (χ0v) is 15.1. The zero-order chi connectivity index (χ0) is 16.8. The first-order valence-electron chi connectivity index (χ1n) is 8.76. The molecule has 24 heavy (non-hydrogen) atoms. The maximum atomic E-state index is 12.4. The fourth-order valence-corrected chi connectivity index (χ4v) is 4.19. The fraction of sp³-hybridized carbons (Fsp3) is 0.611. The molecule has 3 rings (SSSR count). The summed E-state index contributed by atoms with van der Waals surface area (Å²) in [6, 6.07) is 10.8. The Hall–Kier alpha value is -1.24. The van der Waals surface area contributed by atoms with E-state index >= 15 is 0 Å². The second-order valence-electron chi connectivity index (χ2n) is 6.44. The van der Waals surface area contributed by atoms with E-state index in [-0.39, 0.29) is 12.1 Å². The van der Waals surface area contributed by atoms with Gasteiger partial charge in [0.2, 0.25) is 0 Å². The van der Waals surface area contributed by atoms with Gasteiger partial charge in [-0.05, 0) is 37.8 Å². The van der Waals surface area contributed by atoms with Crippen LogP contribution in [0.3, 0.4) is 0 Å². The number of likely N-dealkylation sites (tertiary alicyclic amines) is 1. The molecule has 0 aromatic heterocycles. The molecular weight excluding hydrogens is 322 g/mol. The van der Waals surface area contributed by atoms with Crippen molar-refractivity contribution in [3.63, 3.8) is 0 Å². The van der Waals surface area contributed by atoms with Crippen LogP contribution in [0.1, 0.15) is 12.8 Å². The van der Waals surface area contributed by atoms with Crippen LogP contribution in [0.2, 0.25) is 0 Å². The molecule has 1 aromatic carbocycles. The number of nitrogens with zero attached hydrogens (tertiary/aromatic N) is 2. The molecule has 0 aliphatic carbocycles. The van der Waals surface area contributed by atoms with Crippen molar-refractivity contribution in [2.75, 3.05) is 45.6 Å². The Morgan fingerprint density at radius 2 is 2.17 bits per heavy atom. The van der Waals surface area contributed by atoms with Crippen LogP contribution >= 0.6 is 11.8 Å². The average Bonchev–Trinajstić information content (AvgIpc) is 2.62. The van der Waals surface area contributed by atoms with Crippen LogP contribution in [0, 0.1) is 0 Å². The predicted octanol–water partition coefficient (Wildman–Crippen LogP) is 2.28. The SMILES string of the molecule is CN1CCOC2CCN(C(=O)NCCCSc3ccccc3)CC21. The highest BCUT2D eigenvalue weighted by atomic mass is 32.2. The molecule has 1 aromatic rings. The number of hydrogen-bond acceptors (Lipinski definition) is 4. The highest BCUT2D eigenvalue weighted by Crippen LogP contribution is 2.22. The van der Waals surface area contributed by atoms with E-state index in [2.05, 4.69) is 41.5 Å². The fourth-order valence-electron chi connectivity index (χ4n) is 3.31. The van der Waals surface area contributed by atoms with E-state index in [1.54, 1.807) is 0 Å². The molecule has 2 aliphatic heterocycles. The van der Waals surface area contributed by atoms with Gasteiger partial charge in [0, 0.05) is 31.1 Å². The van der Waals surface area contributed by atoms with Crippen molar-refractivity contribution in [1.82, 2.24) is 15.1 Å². The summed E-state index contributed by atoms with van der Waals surface area (Å²) >= 11 is 1.83. The minimum atomic E-state index is 0.0668. The monoisotopic (exact) mass is 349 g/mol. The van der Waals surface area contributed by atoms with E-state index in [1.807, 2.05) is 22.7 Å². The van der Waals surface area contributed by atoms with Gasteiger partial charge in [-0.15, -0.1) is 11.8 Å². The van der Waals surface area contributed by atoms with Crippen LogP contribution in [-0.2, 0) is 4.74 Å². The molecule has 2 amide bonds. The quantitative estimate of drug-likeness (QED) is 0.654. The number of thioether (sulfide) groups is 1. The van der Waals surface area contributed by atoms with Gasteiger partial charge in [-0.3, -0.25) is 4.90 Å². The second-order valence-corrected chi connectivity index (χ2v) is 7.61. The van der Waals surface area contributed by atoms with Gasteiger partial charge in [0.15, 0.2) is 0 Å². The topological polar surface area (TPSA) is 44.8 Å². The maximum absolute atomic E-state index is 12.4. The number of likely N-dealkylation sites (N-methyl/N-ethyl adjacent to an activating group) is 1. The maximum Gasteiger partial charge on any atom is 0.317 e. The van der Waals surface area contributed by atoms with Gasteiger partial charge < -0.3 is 15.0 Å². The largest absolute Gasteiger partial charge is 0.375 e. The summed E-state index contributed by atoms with van der Waals surface area (Å²) in [4.78, 5) is 17.9. The number of fused-ring (bicyclic) bond motifs is 1. The van der Waals surface area contributed by atoms with Crippen molar-refractivity contribution in [1.29, 1.82) is 0 Å². The van der Waals surface area contributed by atoms with E-state index in [9.17, 15) is 4.79 Å². The number of urea groups is 1. The first kappa shape index (κ1) is 17.6. The summed E-state index contributed by atoms with van der Waals surface area (Å²) in [5.74, 6) is 1.02. The molecule has 0 spiro atoms. The van der Waals surface area contributed by atoms with Crippen molar-refractivity contribution in [3.05, 3.63) is 30.3 Å². The summed E-state index contributed by atoms with van der Waals surface area (Å²) in [6.45, 7) is 4.05. The van der Waals surface area contributed by atoms with Gasteiger partial charge in [0.1, 0.15) is 0 Å². The van der Waals surface area contributed by atoms with E-state index in [1.165, 1.54) is 4.90 Å². The lowest BCUT2D eigenvalue weighted by Crippen LogP contribution is -2.60. The van der Waals surface area contributed by atoms with Crippen molar-refractivity contribution >= 4 is 17.8 Å². The van der Waals surface area contributed by atoms with Crippen LogP contribution in [0.25, 0.3) is 0 Å². The molecule has 5 nitrogen and oxygen atoms in total. The molecule has 0 bridgehead atoms. The molecule has 0 saturated carbocycles. The Kier molecular flexibility index (Phi) is 6.40. The minimum absolute atomic E-state index is 0.0668. The Morgan fingerprint density at radius 3 is 3.00 bits per heavy atom. The summed E-state index contributed by atoms with van der Waals surface area (Å²) in [6.07, 6.45) is 2.20. The molecule has 2 aliphatic rings. The molecule has 2 heterocycles. The first-order valence-corrected chi connectivity index (χ1v) is 9.75. The zero-order valence-electron chi connectivity index (χ0n) is 14.3. The summed E-state index contributed by atoms with van der Waals surface area (Å²) in [7, 11) is 2.13. The summed E-state index contributed by atoms with van der Waals surface area (Å²) in [5.41, 5.74) is 0. The van der Waals surface area contributed by atoms with E-state index < -0.39 is 0 Å². The summed E-state index contributed by atoms with van der Waals surface area (Å²) in [5, 5.41) is 3.06. The third-order valence-electron chi connectivity index (χ3n) is 4.76. The number of benzene rings is 1. The van der Waals surface area contributed by atoms with Gasteiger partial charge in [-0.25, -0.2) is 4.79 Å². The van der Waals surface area contributed by atoms with Gasteiger partial charge >= 0.3 is 6.03 Å². The van der Waals surface area contributed by atoms with Crippen LogP contribution < -0.4 is 5.32 Å². The Balaban J connectivity index is 1.35. The number of carbonyl (C=O) groups excluding carboxylic acids is 1. The van der Waals surface area contributed by atoms with Crippen LogP contribution in [0.4, 0.5) is 4.79 Å². The molecule has 6 heteroatoms. The lowest BCUT2D eigenvalue weighted by molar-refractivity contribution is -0.0881. The predicted molar refractivity (Wildman–Crippen MR) is 97.5 cm³/mol. The number of ether oxygens (including phenoxy) is 1. The molecule has 2 unspecified atom stereocenters. The number of piperidine rings is 1. The minimum Gasteiger partial charge on any atom is -0.375 e. The van der Waals surface area contributed by atoms with Crippen LogP contribution in [-0.4, -0.2) is 73.6 Å². The van der Waals surface area contributed by atoms with Crippen molar-refractivity contribution in [2.45, 2.75) is 29.9 Å². The van der Waals surface area contributed by atoms with E-state index in [4.69, 9.17) is 4.74 Å². The number of carbonyl (C=O) groups is 1. The smallest absolute Gasteiger partial charge is 0.317 e. The van der Waals surface area contributed by atoms with E-state index in [0.29, 0.717) is 6.04 Å². The lowest BCUT2D eigenvalue weighted by Gasteiger charge is -2.45. The Morgan fingerprint density at radius 1 is 1.33 bits per heavy atom. The second kappa shape index (κ2) is 8.74. The average molecular weight is 350 g/mol. The Bertz CT molecular complexity index is 528. The van der Waals surface area contributed by atoms with Crippen molar-refractivity contribution < 1.29 is 9.53 Å².